The lowest BCUT2D eigenvalue weighted by Crippen LogP contribution is -2.41. The number of aromatic nitrogens is 2. The van der Waals surface area contributed by atoms with Gasteiger partial charge in [-0.3, -0.25) is 9.59 Å². The van der Waals surface area contributed by atoms with Crippen molar-refractivity contribution in [1.82, 2.24) is 14.9 Å². The lowest BCUT2D eigenvalue weighted by molar-refractivity contribution is -0.140. The Morgan fingerprint density at radius 3 is 2.85 bits per heavy atom. The zero-order chi connectivity index (χ0) is 14.7. The maximum Gasteiger partial charge on any atom is 0.327 e. The van der Waals surface area contributed by atoms with Crippen LogP contribution in [0.1, 0.15) is 25.8 Å². The van der Waals surface area contributed by atoms with Gasteiger partial charge in [0.25, 0.3) is 5.56 Å². The molecule has 2 N–H and O–H groups in total. The van der Waals surface area contributed by atoms with E-state index in [1.807, 2.05) is 0 Å². The van der Waals surface area contributed by atoms with Gasteiger partial charge in [-0.15, -0.1) is 0 Å². The number of carbonyl (C=O) groups excluding carboxylic acids is 1. The summed E-state index contributed by atoms with van der Waals surface area (Å²) in [5.41, 5.74) is -0.202. The molecule has 1 aromatic heterocycles. The molecule has 0 aromatic carbocycles. The third kappa shape index (κ3) is 3.60. The van der Waals surface area contributed by atoms with Crippen molar-refractivity contribution >= 4 is 23.6 Å². The molecule has 1 saturated carbocycles. The fraction of sp³-hybridized carbons (Fsp3) is 0.500. The number of carboxylic acids is 1. The van der Waals surface area contributed by atoms with E-state index in [1.165, 1.54) is 13.1 Å². The normalized spacial score (nSPS) is 15.7. The first kappa shape index (κ1) is 14.6. The van der Waals surface area contributed by atoms with Crippen LogP contribution >= 0.6 is 11.8 Å². The third-order valence-electron chi connectivity index (χ3n) is 2.84. The van der Waals surface area contributed by atoms with E-state index in [2.05, 4.69) is 10.3 Å². The summed E-state index contributed by atoms with van der Waals surface area (Å²) in [6.45, 7) is 1.25. The number of carboxylic acid groups (broad SMARTS) is 1. The van der Waals surface area contributed by atoms with Crippen LogP contribution < -0.4 is 10.9 Å². The molecule has 1 amide bonds. The first-order valence-electron chi connectivity index (χ1n) is 6.19. The zero-order valence-electron chi connectivity index (χ0n) is 10.9. The van der Waals surface area contributed by atoms with Crippen LogP contribution in [0.25, 0.3) is 0 Å². The van der Waals surface area contributed by atoms with Gasteiger partial charge in [0.05, 0.1) is 0 Å². The third-order valence-corrected chi connectivity index (χ3v) is 3.89. The molecule has 7 nitrogen and oxygen atoms in total. The molecule has 1 unspecified atom stereocenters. The van der Waals surface area contributed by atoms with Gasteiger partial charge in [-0.2, -0.15) is 0 Å². The Balaban J connectivity index is 2.06. The van der Waals surface area contributed by atoms with Gasteiger partial charge in [0.2, 0.25) is 5.91 Å². The van der Waals surface area contributed by atoms with E-state index in [0.29, 0.717) is 0 Å². The molecule has 1 aromatic rings. The van der Waals surface area contributed by atoms with E-state index in [0.717, 1.165) is 24.6 Å². The molecule has 1 aliphatic carbocycles. The molecule has 1 aliphatic rings. The summed E-state index contributed by atoms with van der Waals surface area (Å²) in [6, 6.07) is -0.788. The molecule has 108 valence electrons. The molecule has 2 rings (SSSR count). The van der Waals surface area contributed by atoms with Crippen LogP contribution in [0.4, 0.5) is 0 Å². The minimum absolute atomic E-state index is 0.0613. The molecule has 0 bridgehead atoms. The Labute approximate surface area is 119 Å². The Morgan fingerprint density at radius 1 is 1.60 bits per heavy atom. The van der Waals surface area contributed by atoms with Crippen molar-refractivity contribution in [2.24, 2.45) is 0 Å². The maximum atomic E-state index is 12.1. The molecule has 8 heteroatoms. The predicted molar refractivity (Wildman–Crippen MR) is 72.7 cm³/mol. The van der Waals surface area contributed by atoms with Crippen LogP contribution in [0.3, 0.4) is 0 Å². The van der Waals surface area contributed by atoms with Gasteiger partial charge >= 0.3 is 5.97 Å². The molecule has 0 aliphatic heterocycles. The molecule has 0 radical (unpaired) electrons. The van der Waals surface area contributed by atoms with Gasteiger partial charge in [-0.25, -0.2) is 9.78 Å². The maximum absolute atomic E-state index is 12.1. The summed E-state index contributed by atoms with van der Waals surface area (Å²) in [6.07, 6.45) is 5.15. The summed E-state index contributed by atoms with van der Waals surface area (Å²) in [5, 5.41) is 11.6. The van der Waals surface area contributed by atoms with Gasteiger partial charge < -0.3 is 15.0 Å². The largest absolute Gasteiger partial charge is 0.480 e. The van der Waals surface area contributed by atoms with Crippen molar-refractivity contribution in [3.8, 4) is 0 Å². The zero-order valence-corrected chi connectivity index (χ0v) is 11.7. The summed E-state index contributed by atoms with van der Waals surface area (Å²) in [4.78, 5) is 38.0. The Kier molecular flexibility index (Phi) is 4.43. The smallest absolute Gasteiger partial charge is 0.327 e. The van der Waals surface area contributed by atoms with E-state index in [4.69, 9.17) is 5.11 Å². The first-order chi connectivity index (χ1) is 9.49. The molecule has 1 atom stereocenters. The van der Waals surface area contributed by atoms with E-state index in [1.54, 1.807) is 10.8 Å². The number of aliphatic carboxylic acids is 1. The standard InChI is InChI=1S/C12H15N3O4S/c1-7(16)14-9(12(18)19)6-20-10-11(17)15(5-4-13-10)8-2-3-8/h4-5,8-9H,2-3,6H2,1H3,(H,14,16)(H,18,19). The number of nitrogens with one attached hydrogen (secondary N) is 1. The highest BCUT2D eigenvalue weighted by atomic mass is 32.2. The topological polar surface area (TPSA) is 101 Å². The second kappa shape index (κ2) is 6.08. The number of carbonyl (C=O) groups is 2. The van der Waals surface area contributed by atoms with Crippen LogP contribution in [0, 0.1) is 0 Å². The van der Waals surface area contributed by atoms with Crippen molar-refractivity contribution in [3.63, 3.8) is 0 Å². The van der Waals surface area contributed by atoms with E-state index in [-0.39, 0.29) is 22.4 Å². The lowest BCUT2D eigenvalue weighted by atomic mass is 10.3. The van der Waals surface area contributed by atoms with Crippen molar-refractivity contribution in [3.05, 3.63) is 22.7 Å². The second-order valence-corrected chi connectivity index (χ2v) is 5.59. The highest BCUT2D eigenvalue weighted by molar-refractivity contribution is 7.99. The number of nitrogens with zero attached hydrogens (tertiary/aromatic N) is 2. The number of amides is 1. The number of rotatable bonds is 6. The number of hydrogen-bond donors (Lipinski definition) is 2. The molecule has 0 saturated heterocycles. The predicted octanol–water partition coefficient (Wildman–Crippen LogP) is 0.260. The van der Waals surface area contributed by atoms with Gasteiger partial charge in [-0.05, 0) is 12.8 Å². The van der Waals surface area contributed by atoms with Crippen molar-refractivity contribution in [2.75, 3.05) is 5.75 Å². The summed E-state index contributed by atoms with van der Waals surface area (Å²) in [5.74, 6) is -1.49. The van der Waals surface area contributed by atoms with Crippen LogP contribution in [-0.2, 0) is 9.59 Å². The van der Waals surface area contributed by atoms with Crippen LogP contribution in [0.2, 0.25) is 0 Å². The SMILES string of the molecule is CC(=O)NC(CSc1nccn(C2CC2)c1=O)C(=O)O. The van der Waals surface area contributed by atoms with Gasteiger partial charge in [-0.1, -0.05) is 11.8 Å². The van der Waals surface area contributed by atoms with Gasteiger partial charge in [0.1, 0.15) is 6.04 Å². The van der Waals surface area contributed by atoms with Crippen LogP contribution in [0.15, 0.2) is 22.2 Å². The van der Waals surface area contributed by atoms with Crippen molar-refractivity contribution in [1.29, 1.82) is 0 Å². The monoisotopic (exact) mass is 297 g/mol. The van der Waals surface area contributed by atoms with E-state index >= 15 is 0 Å². The second-order valence-electron chi connectivity index (χ2n) is 4.58. The summed E-state index contributed by atoms with van der Waals surface area (Å²) in [7, 11) is 0. The number of hydrogen-bond acceptors (Lipinski definition) is 5. The number of thioether (sulfide) groups is 1. The first-order valence-corrected chi connectivity index (χ1v) is 7.17. The molecule has 1 heterocycles. The van der Waals surface area contributed by atoms with Gasteiger partial charge in [0, 0.05) is 31.1 Å². The average molecular weight is 297 g/mol. The minimum Gasteiger partial charge on any atom is -0.480 e. The highest BCUT2D eigenvalue weighted by Crippen LogP contribution is 2.33. The highest BCUT2D eigenvalue weighted by Gasteiger charge is 2.26. The molecule has 20 heavy (non-hydrogen) atoms. The minimum atomic E-state index is -1.13. The average Bonchev–Trinajstić information content (AvgIpc) is 3.19. The van der Waals surface area contributed by atoms with Crippen molar-refractivity contribution in [2.45, 2.75) is 36.9 Å². The molecular formula is C12H15N3O4S. The molecule has 1 fully saturated rings. The lowest BCUT2D eigenvalue weighted by Gasteiger charge is -2.12. The Bertz CT molecular complexity index is 582. The quantitative estimate of drug-likeness (QED) is 0.730. The van der Waals surface area contributed by atoms with E-state index in [9.17, 15) is 14.4 Å². The Hall–Kier alpha value is -1.83. The van der Waals surface area contributed by atoms with E-state index < -0.39 is 17.9 Å². The van der Waals surface area contributed by atoms with Crippen molar-refractivity contribution < 1.29 is 14.7 Å². The summed E-state index contributed by atoms with van der Waals surface area (Å²) < 4.78 is 1.63. The van der Waals surface area contributed by atoms with Crippen LogP contribution in [0.5, 0.6) is 0 Å². The fourth-order valence-corrected chi connectivity index (χ4v) is 2.64. The summed E-state index contributed by atoms with van der Waals surface area (Å²) >= 11 is 1.04. The Morgan fingerprint density at radius 2 is 2.30 bits per heavy atom. The van der Waals surface area contributed by atoms with Gasteiger partial charge in [0.15, 0.2) is 5.03 Å². The molecular weight excluding hydrogens is 282 g/mol. The van der Waals surface area contributed by atoms with Crippen LogP contribution in [-0.4, -0.2) is 38.3 Å². The molecule has 0 spiro atoms. The fourth-order valence-electron chi connectivity index (χ4n) is 1.73.